The third-order valence-electron chi connectivity index (χ3n) is 6.58. The van der Waals surface area contributed by atoms with Crippen LogP contribution in [0.5, 0.6) is 0 Å². The van der Waals surface area contributed by atoms with Gasteiger partial charge in [-0.25, -0.2) is 0 Å². The molecule has 0 spiro atoms. The van der Waals surface area contributed by atoms with Crippen molar-refractivity contribution in [1.82, 2.24) is 9.80 Å². The van der Waals surface area contributed by atoms with Gasteiger partial charge in [0, 0.05) is 36.8 Å². The number of rotatable bonds is 8. The van der Waals surface area contributed by atoms with Crippen LogP contribution < -0.4 is 0 Å². The summed E-state index contributed by atoms with van der Waals surface area (Å²) in [6.07, 6.45) is 3.37. The summed E-state index contributed by atoms with van der Waals surface area (Å²) in [6.45, 7) is 3.98. The fourth-order valence-corrected chi connectivity index (χ4v) is 4.52. The van der Waals surface area contributed by atoms with Gasteiger partial charge < -0.3 is 4.90 Å². The van der Waals surface area contributed by atoms with E-state index >= 15 is 0 Å². The van der Waals surface area contributed by atoms with E-state index in [0.29, 0.717) is 22.6 Å². The Morgan fingerprint density at radius 2 is 1.42 bits per heavy atom. The van der Waals surface area contributed by atoms with Crippen LogP contribution in [0.25, 0.3) is 0 Å². The lowest BCUT2D eigenvalue weighted by atomic mass is 9.93. The van der Waals surface area contributed by atoms with Gasteiger partial charge in [-0.3, -0.25) is 14.5 Å². The van der Waals surface area contributed by atoms with Crippen molar-refractivity contribution in [3.8, 4) is 0 Å². The molecule has 0 radical (unpaired) electrons. The number of piperidine rings is 1. The number of carbonyl (C=O) groups is 2. The maximum Gasteiger partial charge on any atom is 0.253 e. The average molecular weight is 441 g/mol. The largest absolute Gasteiger partial charge is 0.342 e. The predicted octanol–water partition coefficient (Wildman–Crippen LogP) is 5.29. The molecule has 0 saturated carbocycles. The minimum atomic E-state index is -0.0600. The average Bonchev–Trinajstić information content (AvgIpc) is 2.88. The van der Waals surface area contributed by atoms with Crippen molar-refractivity contribution in [1.29, 1.82) is 0 Å². The Labute approximate surface area is 196 Å². The number of hydrogen-bond acceptors (Lipinski definition) is 3. The number of hydrogen-bond donors (Lipinski definition) is 0. The Morgan fingerprint density at radius 1 is 0.818 bits per heavy atom. The number of likely N-dealkylation sites (tertiary alicyclic amines) is 1. The van der Waals surface area contributed by atoms with Crippen LogP contribution in [0, 0.1) is 5.92 Å². The Balaban J connectivity index is 1.27. The first-order valence-corrected chi connectivity index (χ1v) is 11.8. The minimum absolute atomic E-state index is 0.0285. The van der Waals surface area contributed by atoms with Crippen LogP contribution in [0.4, 0.5) is 0 Å². The first-order valence-electron chi connectivity index (χ1n) is 11.8. The van der Waals surface area contributed by atoms with Gasteiger partial charge in [0.15, 0.2) is 5.78 Å². The zero-order valence-electron chi connectivity index (χ0n) is 19.3. The molecular formula is C29H32N2O2. The summed E-state index contributed by atoms with van der Waals surface area (Å²) >= 11 is 0. The molecule has 170 valence electrons. The lowest BCUT2D eigenvalue weighted by Gasteiger charge is -2.32. The number of carbonyl (C=O) groups excluding carboxylic acids is 2. The van der Waals surface area contributed by atoms with Crippen molar-refractivity contribution in [3.05, 3.63) is 107 Å². The van der Waals surface area contributed by atoms with E-state index in [2.05, 4.69) is 35.2 Å². The smallest absolute Gasteiger partial charge is 0.253 e. The molecule has 0 aliphatic carbocycles. The molecular weight excluding hydrogens is 408 g/mol. The van der Waals surface area contributed by atoms with Gasteiger partial charge in [-0.05, 0) is 56.0 Å². The van der Waals surface area contributed by atoms with Gasteiger partial charge in [0.2, 0.25) is 0 Å². The molecule has 0 unspecified atom stereocenters. The van der Waals surface area contributed by atoms with E-state index in [-0.39, 0.29) is 11.7 Å². The quantitative estimate of drug-likeness (QED) is 0.447. The highest BCUT2D eigenvalue weighted by Crippen LogP contribution is 2.22. The summed E-state index contributed by atoms with van der Waals surface area (Å²) in [4.78, 5) is 30.0. The van der Waals surface area contributed by atoms with Gasteiger partial charge in [0.25, 0.3) is 5.91 Å². The number of ketones is 1. The second-order valence-electron chi connectivity index (χ2n) is 9.00. The highest BCUT2D eigenvalue weighted by atomic mass is 16.2. The first-order chi connectivity index (χ1) is 16.1. The molecule has 1 aliphatic rings. The second-order valence-corrected chi connectivity index (χ2v) is 9.00. The van der Waals surface area contributed by atoms with Crippen LogP contribution in [-0.2, 0) is 6.54 Å². The van der Waals surface area contributed by atoms with Crippen molar-refractivity contribution in [3.63, 3.8) is 0 Å². The molecule has 4 heteroatoms. The normalized spacial score (nSPS) is 14.7. The Bertz CT molecular complexity index is 1060. The molecule has 4 rings (SSSR count). The summed E-state index contributed by atoms with van der Waals surface area (Å²) in [5, 5.41) is 0. The van der Waals surface area contributed by atoms with E-state index in [1.54, 1.807) is 41.3 Å². The van der Waals surface area contributed by atoms with Crippen molar-refractivity contribution in [2.24, 2.45) is 5.92 Å². The fourth-order valence-electron chi connectivity index (χ4n) is 4.52. The first kappa shape index (κ1) is 22.9. The predicted molar refractivity (Wildman–Crippen MR) is 132 cm³/mol. The molecule has 33 heavy (non-hydrogen) atoms. The van der Waals surface area contributed by atoms with Gasteiger partial charge in [-0.2, -0.15) is 0 Å². The summed E-state index contributed by atoms with van der Waals surface area (Å²) < 4.78 is 0. The summed E-state index contributed by atoms with van der Waals surface area (Å²) in [5.41, 5.74) is 3.12. The Hall–Kier alpha value is -3.24. The van der Waals surface area contributed by atoms with E-state index in [4.69, 9.17) is 0 Å². The molecule has 0 atom stereocenters. The van der Waals surface area contributed by atoms with E-state index in [1.165, 1.54) is 18.4 Å². The SMILES string of the molecule is CN(CCC1CCN(Cc2ccccc2)CC1)C(=O)c1cccc(C(=O)c2ccccc2)c1. The number of benzene rings is 3. The Kier molecular flexibility index (Phi) is 7.69. The van der Waals surface area contributed by atoms with Crippen molar-refractivity contribution < 1.29 is 9.59 Å². The summed E-state index contributed by atoms with van der Waals surface area (Å²) in [6, 6.07) is 26.9. The third-order valence-corrected chi connectivity index (χ3v) is 6.58. The second kappa shape index (κ2) is 11.1. The highest BCUT2D eigenvalue weighted by molar-refractivity contribution is 6.10. The van der Waals surface area contributed by atoms with E-state index in [0.717, 1.165) is 32.6 Å². The van der Waals surface area contributed by atoms with Crippen molar-refractivity contribution in [2.75, 3.05) is 26.7 Å². The molecule has 1 heterocycles. The number of nitrogens with zero attached hydrogens (tertiary/aromatic N) is 2. The van der Waals surface area contributed by atoms with Gasteiger partial charge >= 0.3 is 0 Å². The molecule has 1 amide bonds. The van der Waals surface area contributed by atoms with Crippen LogP contribution >= 0.6 is 0 Å². The molecule has 4 nitrogen and oxygen atoms in total. The molecule has 1 saturated heterocycles. The van der Waals surface area contributed by atoms with E-state index in [9.17, 15) is 9.59 Å². The molecule has 3 aromatic carbocycles. The van der Waals surface area contributed by atoms with Crippen molar-refractivity contribution in [2.45, 2.75) is 25.8 Å². The molecule has 1 fully saturated rings. The van der Waals surface area contributed by atoms with Crippen LogP contribution in [0.2, 0.25) is 0 Å². The lowest BCUT2D eigenvalue weighted by Crippen LogP contribution is -2.35. The summed E-state index contributed by atoms with van der Waals surface area (Å²) in [7, 11) is 1.86. The van der Waals surface area contributed by atoms with E-state index in [1.807, 2.05) is 25.2 Å². The number of amides is 1. The maximum absolute atomic E-state index is 13.0. The zero-order chi connectivity index (χ0) is 23.0. The molecule has 3 aromatic rings. The van der Waals surface area contributed by atoms with Gasteiger partial charge in [-0.1, -0.05) is 72.8 Å². The molecule has 0 aromatic heterocycles. The van der Waals surface area contributed by atoms with Crippen molar-refractivity contribution >= 4 is 11.7 Å². The van der Waals surface area contributed by atoms with Gasteiger partial charge in [0.1, 0.15) is 0 Å². The summed E-state index contributed by atoms with van der Waals surface area (Å²) in [5.74, 6) is 0.563. The van der Waals surface area contributed by atoms with Crippen LogP contribution in [0.3, 0.4) is 0 Å². The standard InChI is InChI=1S/C29H32N2O2/c1-30(18-15-23-16-19-31(20-17-23)22-24-9-4-2-5-10-24)29(33)27-14-8-13-26(21-27)28(32)25-11-6-3-7-12-25/h2-14,21,23H,15-20,22H2,1H3. The van der Waals surface area contributed by atoms with Crippen LogP contribution in [-0.4, -0.2) is 48.2 Å². The maximum atomic E-state index is 13.0. The molecule has 1 aliphatic heterocycles. The zero-order valence-corrected chi connectivity index (χ0v) is 19.3. The Morgan fingerprint density at radius 3 is 2.12 bits per heavy atom. The van der Waals surface area contributed by atoms with Crippen LogP contribution in [0.1, 0.15) is 51.1 Å². The van der Waals surface area contributed by atoms with Crippen LogP contribution in [0.15, 0.2) is 84.9 Å². The van der Waals surface area contributed by atoms with Gasteiger partial charge in [-0.15, -0.1) is 0 Å². The van der Waals surface area contributed by atoms with E-state index < -0.39 is 0 Å². The monoisotopic (exact) mass is 440 g/mol. The topological polar surface area (TPSA) is 40.6 Å². The third kappa shape index (κ3) is 6.17. The minimum Gasteiger partial charge on any atom is -0.342 e. The van der Waals surface area contributed by atoms with Gasteiger partial charge in [0.05, 0.1) is 0 Å². The molecule has 0 N–H and O–H groups in total. The lowest BCUT2D eigenvalue weighted by molar-refractivity contribution is 0.0777. The fraction of sp³-hybridized carbons (Fsp3) is 0.310. The molecule has 0 bridgehead atoms. The highest BCUT2D eigenvalue weighted by Gasteiger charge is 2.21.